The number of amides is 3. The lowest BCUT2D eigenvalue weighted by molar-refractivity contribution is -0.123. The molecule has 0 bridgehead atoms. The number of pyridine rings is 1. The molecule has 1 aliphatic rings. The van der Waals surface area contributed by atoms with E-state index in [9.17, 15) is 9.59 Å². The number of urea groups is 1. The van der Waals surface area contributed by atoms with Gasteiger partial charge in [-0.3, -0.25) is 20.0 Å². The highest BCUT2D eigenvalue weighted by Crippen LogP contribution is 2.17. The van der Waals surface area contributed by atoms with Crippen LogP contribution in [0.15, 0.2) is 24.5 Å². The second-order valence-electron chi connectivity index (χ2n) is 3.52. The fourth-order valence-corrected chi connectivity index (χ4v) is 1.47. The van der Waals surface area contributed by atoms with Gasteiger partial charge in [0.05, 0.1) is 17.8 Å². The summed E-state index contributed by atoms with van der Waals surface area (Å²) in [5, 5.41) is 2.30. The van der Waals surface area contributed by atoms with Crippen LogP contribution in [-0.2, 0) is 4.79 Å². The first-order valence-corrected chi connectivity index (χ1v) is 4.71. The maximum absolute atomic E-state index is 11.5. The SMILES string of the molecule is CC1CN(c2cccnc2)C(=O)NC1=O. The number of aromatic nitrogens is 1. The predicted octanol–water partition coefficient (Wildman–Crippen LogP) is 0.774. The van der Waals surface area contributed by atoms with E-state index in [1.54, 1.807) is 31.5 Å². The minimum absolute atomic E-state index is 0.192. The third-order valence-electron chi connectivity index (χ3n) is 2.34. The van der Waals surface area contributed by atoms with E-state index >= 15 is 0 Å². The van der Waals surface area contributed by atoms with Gasteiger partial charge in [0.25, 0.3) is 0 Å². The van der Waals surface area contributed by atoms with Crippen molar-refractivity contribution in [3.8, 4) is 0 Å². The Morgan fingerprint density at radius 3 is 3.00 bits per heavy atom. The van der Waals surface area contributed by atoms with Gasteiger partial charge in [0.2, 0.25) is 5.91 Å². The van der Waals surface area contributed by atoms with Gasteiger partial charge in [-0.1, -0.05) is 6.92 Å². The lowest BCUT2D eigenvalue weighted by Crippen LogP contribution is -2.53. The van der Waals surface area contributed by atoms with E-state index in [1.807, 2.05) is 0 Å². The Labute approximate surface area is 87.1 Å². The summed E-state index contributed by atoms with van der Waals surface area (Å²) in [5.41, 5.74) is 0.703. The van der Waals surface area contributed by atoms with E-state index in [4.69, 9.17) is 0 Å². The number of carbonyl (C=O) groups excluding carboxylic acids is 2. The average Bonchev–Trinajstić information content (AvgIpc) is 2.25. The van der Waals surface area contributed by atoms with Gasteiger partial charge in [-0.25, -0.2) is 4.79 Å². The highest BCUT2D eigenvalue weighted by atomic mass is 16.2. The van der Waals surface area contributed by atoms with Crippen molar-refractivity contribution in [2.75, 3.05) is 11.4 Å². The third-order valence-corrected chi connectivity index (χ3v) is 2.34. The number of hydrogen-bond donors (Lipinski definition) is 1. The smallest absolute Gasteiger partial charge is 0.292 e. The molecular weight excluding hydrogens is 194 g/mol. The summed E-state index contributed by atoms with van der Waals surface area (Å²) in [6.07, 6.45) is 3.24. The van der Waals surface area contributed by atoms with Crippen LogP contribution < -0.4 is 10.2 Å². The number of carbonyl (C=O) groups is 2. The molecule has 3 amide bonds. The summed E-state index contributed by atoms with van der Waals surface area (Å²) < 4.78 is 0. The van der Waals surface area contributed by atoms with Crippen molar-refractivity contribution in [2.45, 2.75) is 6.92 Å². The zero-order valence-corrected chi connectivity index (χ0v) is 8.30. The Kier molecular flexibility index (Phi) is 2.37. The highest BCUT2D eigenvalue weighted by Gasteiger charge is 2.29. The van der Waals surface area contributed by atoms with Crippen molar-refractivity contribution in [1.29, 1.82) is 0 Å². The van der Waals surface area contributed by atoms with E-state index in [2.05, 4.69) is 10.3 Å². The lowest BCUT2D eigenvalue weighted by atomic mass is 10.1. The Morgan fingerprint density at radius 2 is 2.33 bits per heavy atom. The normalized spacial score (nSPS) is 21.4. The van der Waals surface area contributed by atoms with E-state index in [-0.39, 0.29) is 17.9 Å². The summed E-state index contributed by atoms with van der Waals surface area (Å²) in [5.74, 6) is -0.414. The van der Waals surface area contributed by atoms with Crippen molar-refractivity contribution in [3.63, 3.8) is 0 Å². The van der Waals surface area contributed by atoms with Crippen molar-refractivity contribution in [2.24, 2.45) is 5.92 Å². The van der Waals surface area contributed by atoms with Crippen molar-refractivity contribution in [1.82, 2.24) is 10.3 Å². The van der Waals surface area contributed by atoms with Gasteiger partial charge in [-0.2, -0.15) is 0 Å². The summed E-state index contributed by atoms with van der Waals surface area (Å²) in [6.45, 7) is 2.18. The van der Waals surface area contributed by atoms with Gasteiger partial charge >= 0.3 is 6.03 Å². The molecule has 1 fully saturated rings. The van der Waals surface area contributed by atoms with Gasteiger partial charge in [-0.05, 0) is 12.1 Å². The molecule has 5 heteroatoms. The zero-order chi connectivity index (χ0) is 10.8. The van der Waals surface area contributed by atoms with Crippen LogP contribution in [0.4, 0.5) is 10.5 Å². The molecule has 0 aliphatic carbocycles. The minimum Gasteiger partial charge on any atom is -0.292 e. The van der Waals surface area contributed by atoms with Crippen LogP contribution >= 0.6 is 0 Å². The Morgan fingerprint density at radius 1 is 1.53 bits per heavy atom. The number of nitrogens with zero attached hydrogens (tertiary/aromatic N) is 2. The molecule has 0 aromatic carbocycles. The van der Waals surface area contributed by atoms with Crippen LogP contribution in [0.5, 0.6) is 0 Å². The summed E-state index contributed by atoms with van der Waals surface area (Å²) in [6, 6.07) is 3.16. The molecule has 2 rings (SSSR count). The monoisotopic (exact) mass is 205 g/mol. The average molecular weight is 205 g/mol. The molecule has 2 heterocycles. The first kappa shape index (κ1) is 9.64. The molecule has 1 aliphatic heterocycles. The highest BCUT2D eigenvalue weighted by molar-refractivity contribution is 6.06. The van der Waals surface area contributed by atoms with Crippen molar-refractivity contribution < 1.29 is 9.59 Å². The maximum atomic E-state index is 11.5. The first-order valence-electron chi connectivity index (χ1n) is 4.71. The summed E-state index contributed by atoms with van der Waals surface area (Å²) in [4.78, 5) is 28.2. The molecule has 0 saturated carbocycles. The van der Waals surface area contributed by atoms with Gasteiger partial charge in [0, 0.05) is 12.7 Å². The standard InChI is InChI=1S/C10H11N3O2/c1-7-6-13(10(15)12-9(7)14)8-3-2-4-11-5-8/h2-5,7H,6H2,1H3,(H,12,14,15). The quantitative estimate of drug-likeness (QED) is 0.736. The Balaban J connectivity index is 2.23. The number of imide groups is 1. The molecule has 1 atom stereocenters. The predicted molar refractivity (Wildman–Crippen MR) is 54.3 cm³/mol. The van der Waals surface area contributed by atoms with E-state index in [0.717, 1.165) is 0 Å². The number of nitrogens with one attached hydrogen (secondary N) is 1. The number of hydrogen-bond acceptors (Lipinski definition) is 3. The third kappa shape index (κ3) is 1.81. The number of anilines is 1. The van der Waals surface area contributed by atoms with Crippen LogP contribution in [0.1, 0.15) is 6.92 Å². The molecule has 1 aromatic heterocycles. The van der Waals surface area contributed by atoms with Crippen LogP contribution in [0.2, 0.25) is 0 Å². The molecule has 1 unspecified atom stereocenters. The topological polar surface area (TPSA) is 62.3 Å². The van der Waals surface area contributed by atoms with E-state index in [1.165, 1.54) is 4.90 Å². The fraction of sp³-hybridized carbons (Fsp3) is 0.300. The lowest BCUT2D eigenvalue weighted by Gasteiger charge is -2.29. The van der Waals surface area contributed by atoms with Crippen molar-refractivity contribution in [3.05, 3.63) is 24.5 Å². The second-order valence-corrected chi connectivity index (χ2v) is 3.52. The van der Waals surface area contributed by atoms with Crippen LogP contribution in [-0.4, -0.2) is 23.5 Å². The summed E-state index contributed by atoms with van der Waals surface area (Å²) >= 11 is 0. The number of rotatable bonds is 1. The van der Waals surface area contributed by atoms with Gasteiger partial charge in [-0.15, -0.1) is 0 Å². The Bertz CT molecular complexity index is 391. The molecule has 1 N–H and O–H groups in total. The maximum Gasteiger partial charge on any atom is 0.328 e. The van der Waals surface area contributed by atoms with Crippen LogP contribution in [0.25, 0.3) is 0 Å². The van der Waals surface area contributed by atoms with Crippen LogP contribution in [0.3, 0.4) is 0 Å². The van der Waals surface area contributed by atoms with E-state index < -0.39 is 0 Å². The van der Waals surface area contributed by atoms with Gasteiger partial charge in [0.1, 0.15) is 0 Å². The van der Waals surface area contributed by atoms with Gasteiger partial charge < -0.3 is 0 Å². The van der Waals surface area contributed by atoms with Crippen molar-refractivity contribution >= 4 is 17.6 Å². The molecule has 1 saturated heterocycles. The molecule has 1 aromatic rings. The fourth-order valence-electron chi connectivity index (χ4n) is 1.47. The second kappa shape index (κ2) is 3.68. The first-order chi connectivity index (χ1) is 7.18. The molecule has 15 heavy (non-hydrogen) atoms. The molecular formula is C10H11N3O2. The molecule has 78 valence electrons. The molecule has 0 radical (unpaired) electrons. The molecule has 0 spiro atoms. The van der Waals surface area contributed by atoms with Gasteiger partial charge in [0.15, 0.2) is 0 Å². The zero-order valence-electron chi connectivity index (χ0n) is 8.30. The largest absolute Gasteiger partial charge is 0.328 e. The van der Waals surface area contributed by atoms with Crippen LogP contribution in [0, 0.1) is 5.92 Å². The summed E-state index contributed by atoms with van der Waals surface area (Å²) in [7, 11) is 0. The minimum atomic E-state index is -0.383. The Hall–Kier alpha value is -1.91. The van der Waals surface area contributed by atoms with E-state index in [0.29, 0.717) is 12.2 Å². The molecule has 5 nitrogen and oxygen atoms in total.